The van der Waals surface area contributed by atoms with Gasteiger partial charge >= 0.3 is 0 Å². The summed E-state index contributed by atoms with van der Waals surface area (Å²) in [7, 11) is 0. The van der Waals surface area contributed by atoms with Crippen LogP contribution < -0.4 is 0 Å². The normalized spacial score (nSPS) is 10.6. The predicted octanol–water partition coefficient (Wildman–Crippen LogP) is 2.84. The molecule has 7 heteroatoms. The van der Waals surface area contributed by atoms with Crippen LogP contribution in [0.5, 0.6) is 0 Å². The van der Waals surface area contributed by atoms with Crippen LogP contribution in [0.1, 0.15) is 13.8 Å². The standard InChI is InChI=1S/C14H16FN3O2S/c1-3-18(4-2)12(19)9-21-14-17-16-13(20-14)10-6-5-7-11(15)8-10/h5-8H,3-4,9H2,1-2H3. The second-order valence-corrected chi connectivity index (χ2v) is 5.16. The number of hydrogen-bond donors (Lipinski definition) is 0. The number of nitrogens with zero attached hydrogens (tertiary/aromatic N) is 3. The van der Waals surface area contributed by atoms with Crippen LogP contribution in [0, 0.1) is 5.82 Å². The zero-order chi connectivity index (χ0) is 15.2. The molecule has 2 aromatic rings. The molecule has 0 bridgehead atoms. The highest BCUT2D eigenvalue weighted by Crippen LogP contribution is 2.23. The van der Waals surface area contributed by atoms with Crippen molar-refractivity contribution in [2.24, 2.45) is 0 Å². The first-order valence-corrected chi connectivity index (χ1v) is 7.62. The molecule has 0 aliphatic rings. The molecule has 1 amide bonds. The van der Waals surface area contributed by atoms with Gasteiger partial charge in [-0.15, -0.1) is 10.2 Å². The number of thioether (sulfide) groups is 1. The van der Waals surface area contributed by atoms with Crippen molar-refractivity contribution >= 4 is 17.7 Å². The average Bonchev–Trinajstić information content (AvgIpc) is 2.95. The van der Waals surface area contributed by atoms with E-state index in [1.165, 1.54) is 23.9 Å². The molecule has 0 saturated carbocycles. The largest absolute Gasteiger partial charge is 0.411 e. The fourth-order valence-electron chi connectivity index (χ4n) is 1.80. The summed E-state index contributed by atoms with van der Waals surface area (Å²) >= 11 is 1.18. The summed E-state index contributed by atoms with van der Waals surface area (Å²) in [6.45, 7) is 5.21. The highest BCUT2D eigenvalue weighted by atomic mass is 32.2. The van der Waals surface area contributed by atoms with Crippen molar-refractivity contribution in [3.05, 3.63) is 30.1 Å². The second kappa shape index (κ2) is 7.21. The summed E-state index contributed by atoms with van der Waals surface area (Å²) in [5, 5.41) is 8.02. The number of carbonyl (C=O) groups is 1. The number of carbonyl (C=O) groups excluding carboxylic acids is 1. The van der Waals surface area contributed by atoms with Crippen LogP contribution in [0.3, 0.4) is 0 Å². The van der Waals surface area contributed by atoms with Crippen LogP contribution in [0.15, 0.2) is 33.9 Å². The van der Waals surface area contributed by atoms with E-state index in [9.17, 15) is 9.18 Å². The van der Waals surface area contributed by atoms with Crippen LogP contribution >= 0.6 is 11.8 Å². The van der Waals surface area contributed by atoms with E-state index in [1.807, 2.05) is 13.8 Å². The van der Waals surface area contributed by atoms with Crippen molar-refractivity contribution in [3.8, 4) is 11.5 Å². The maximum atomic E-state index is 13.1. The number of amides is 1. The van der Waals surface area contributed by atoms with Gasteiger partial charge in [0.1, 0.15) is 5.82 Å². The molecule has 1 aromatic carbocycles. The zero-order valence-electron chi connectivity index (χ0n) is 11.9. The third-order valence-electron chi connectivity index (χ3n) is 2.91. The van der Waals surface area contributed by atoms with Gasteiger partial charge in [0.2, 0.25) is 11.8 Å². The summed E-state index contributed by atoms with van der Waals surface area (Å²) in [5.41, 5.74) is 0.518. The Balaban J connectivity index is 1.99. The Kier molecular flexibility index (Phi) is 5.32. The van der Waals surface area contributed by atoms with Gasteiger partial charge < -0.3 is 9.32 Å². The van der Waals surface area contributed by atoms with Crippen molar-refractivity contribution in [2.45, 2.75) is 19.1 Å². The lowest BCUT2D eigenvalue weighted by atomic mass is 10.2. The highest BCUT2D eigenvalue weighted by Gasteiger charge is 2.14. The molecular formula is C14H16FN3O2S. The van der Waals surface area contributed by atoms with Crippen molar-refractivity contribution in [1.29, 1.82) is 0 Å². The van der Waals surface area contributed by atoms with Crippen molar-refractivity contribution in [3.63, 3.8) is 0 Å². The van der Waals surface area contributed by atoms with Crippen molar-refractivity contribution in [1.82, 2.24) is 15.1 Å². The molecule has 112 valence electrons. The van der Waals surface area contributed by atoms with E-state index in [-0.39, 0.29) is 23.4 Å². The highest BCUT2D eigenvalue weighted by molar-refractivity contribution is 7.99. The third kappa shape index (κ3) is 4.04. The summed E-state index contributed by atoms with van der Waals surface area (Å²) in [5.74, 6) is 0.145. The number of rotatable bonds is 6. The molecule has 0 atom stereocenters. The molecule has 0 saturated heterocycles. The number of hydrogen-bond acceptors (Lipinski definition) is 5. The Morgan fingerprint density at radius 3 is 2.76 bits per heavy atom. The van der Waals surface area contributed by atoms with Crippen molar-refractivity contribution in [2.75, 3.05) is 18.8 Å². The van der Waals surface area contributed by atoms with Gasteiger partial charge in [0.25, 0.3) is 5.22 Å². The molecule has 5 nitrogen and oxygen atoms in total. The third-order valence-corrected chi connectivity index (χ3v) is 3.72. The van der Waals surface area contributed by atoms with Gasteiger partial charge in [0, 0.05) is 18.7 Å². The minimum atomic E-state index is -0.364. The summed E-state index contributed by atoms with van der Waals surface area (Å²) < 4.78 is 18.6. The molecular weight excluding hydrogens is 293 g/mol. The Morgan fingerprint density at radius 2 is 2.10 bits per heavy atom. The van der Waals surface area contributed by atoms with Crippen LogP contribution in [0.2, 0.25) is 0 Å². The minimum absolute atomic E-state index is 0.0236. The maximum absolute atomic E-state index is 13.1. The van der Waals surface area contributed by atoms with Gasteiger partial charge in [-0.25, -0.2) is 4.39 Å². The van der Waals surface area contributed by atoms with Gasteiger partial charge in [-0.2, -0.15) is 0 Å². The van der Waals surface area contributed by atoms with Gasteiger partial charge in [0.05, 0.1) is 5.75 Å². The van der Waals surface area contributed by atoms with E-state index in [2.05, 4.69) is 10.2 Å². The molecule has 0 unspecified atom stereocenters. The van der Waals surface area contributed by atoms with Crippen LogP contribution in [0.25, 0.3) is 11.5 Å². The Morgan fingerprint density at radius 1 is 1.33 bits per heavy atom. The minimum Gasteiger partial charge on any atom is -0.411 e. The molecule has 0 aliphatic carbocycles. The maximum Gasteiger partial charge on any atom is 0.277 e. The summed E-state index contributed by atoms with van der Waals surface area (Å²) in [4.78, 5) is 13.6. The van der Waals surface area contributed by atoms with Crippen molar-refractivity contribution < 1.29 is 13.6 Å². The fourth-order valence-corrected chi connectivity index (χ4v) is 2.46. The average molecular weight is 309 g/mol. The van der Waals surface area contributed by atoms with Crippen LogP contribution in [-0.2, 0) is 4.79 Å². The van der Waals surface area contributed by atoms with E-state index < -0.39 is 0 Å². The number of aromatic nitrogens is 2. The molecule has 1 heterocycles. The van der Waals surface area contributed by atoms with Gasteiger partial charge in [-0.1, -0.05) is 17.8 Å². The number of benzene rings is 1. The lowest BCUT2D eigenvalue weighted by molar-refractivity contribution is -0.127. The second-order valence-electron chi connectivity index (χ2n) is 4.24. The Hall–Kier alpha value is -1.89. The van der Waals surface area contributed by atoms with Crippen LogP contribution in [0.4, 0.5) is 4.39 Å². The Bertz CT molecular complexity index is 614. The number of halogens is 1. The molecule has 1 aromatic heterocycles. The molecule has 0 spiro atoms. The molecule has 2 rings (SSSR count). The van der Waals surface area contributed by atoms with E-state index in [1.54, 1.807) is 17.0 Å². The molecule has 0 fully saturated rings. The smallest absolute Gasteiger partial charge is 0.277 e. The zero-order valence-corrected chi connectivity index (χ0v) is 12.7. The molecule has 0 aliphatic heterocycles. The first kappa shape index (κ1) is 15.5. The van der Waals surface area contributed by atoms with Gasteiger partial charge in [0.15, 0.2) is 0 Å². The first-order valence-electron chi connectivity index (χ1n) is 6.64. The summed E-state index contributed by atoms with van der Waals surface area (Å²) in [6, 6.07) is 5.93. The molecule has 0 N–H and O–H groups in total. The summed E-state index contributed by atoms with van der Waals surface area (Å²) in [6.07, 6.45) is 0. The Labute approximate surface area is 126 Å². The van der Waals surface area contributed by atoms with E-state index in [4.69, 9.17) is 4.42 Å². The first-order chi connectivity index (χ1) is 10.1. The molecule has 0 radical (unpaired) electrons. The van der Waals surface area contributed by atoms with E-state index in [0.717, 1.165) is 0 Å². The SMILES string of the molecule is CCN(CC)C(=O)CSc1nnc(-c2cccc(F)c2)o1. The monoisotopic (exact) mass is 309 g/mol. The van der Waals surface area contributed by atoms with Gasteiger partial charge in [-0.05, 0) is 32.0 Å². The topological polar surface area (TPSA) is 59.2 Å². The molecule has 21 heavy (non-hydrogen) atoms. The lowest BCUT2D eigenvalue weighted by Gasteiger charge is -2.17. The predicted molar refractivity (Wildman–Crippen MR) is 78.3 cm³/mol. The lowest BCUT2D eigenvalue weighted by Crippen LogP contribution is -2.31. The van der Waals surface area contributed by atoms with Gasteiger partial charge in [-0.3, -0.25) is 4.79 Å². The van der Waals surface area contributed by atoms with E-state index in [0.29, 0.717) is 23.9 Å². The van der Waals surface area contributed by atoms with E-state index >= 15 is 0 Å². The fraction of sp³-hybridized carbons (Fsp3) is 0.357. The van der Waals surface area contributed by atoms with Crippen LogP contribution in [-0.4, -0.2) is 39.8 Å². The quantitative estimate of drug-likeness (QED) is 0.768.